The molecule has 1 aromatic heterocycles. The van der Waals surface area contributed by atoms with Gasteiger partial charge in [0.1, 0.15) is 0 Å². The van der Waals surface area contributed by atoms with Crippen molar-refractivity contribution in [2.75, 3.05) is 24.5 Å². The maximum atomic E-state index is 11.7. The lowest BCUT2D eigenvalue weighted by molar-refractivity contribution is -0.129. The highest BCUT2D eigenvalue weighted by molar-refractivity contribution is 6.31. The molecule has 3 heterocycles. The molecule has 5 nitrogen and oxygen atoms in total. The van der Waals surface area contributed by atoms with Crippen LogP contribution in [0.1, 0.15) is 13.3 Å². The monoisotopic (exact) mass is 304 g/mol. The molecular formula is C15H17ClN4O. The van der Waals surface area contributed by atoms with Crippen molar-refractivity contribution in [1.29, 1.82) is 0 Å². The van der Waals surface area contributed by atoms with Gasteiger partial charge in [0.2, 0.25) is 5.91 Å². The summed E-state index contributed by atoms with van der Waals surface area (Å²) in [6.07, 6.45) is 2.94. The Bertz CT molecular complexity index is 713. The largest absolute Gasteiger partial charge is 0.368 e. The predicted octanol–water partition coefficient (Wildman–Crippen LogP) is 2.27. The molecular weight excluding hydrogens is 288 g/mol. The van der Waals surface area contributed by atoms with Gasteiger partial charge in [-0.05, 0) is 18.6 Å². The smallest absolute Gasteiger partial charge is 0.219 e. The number of aromatic amines is 1. The predicted molar refractivity (Wildman–Crippen MR) is 82.6 cm³/mol. The van der Waals surface area contributed by atoms with Gasteiger partial charge in [-0.25, -0.2) is 0 Å². The number of nitrogens with one attached hydrogen (secondary N) is 1. The summed E-state index contributed by atoms with van der Waals surface area (Å²) in [6, 6.07) is 4.23. The molecule has 0 aliphatic carbocycles. The molecule has 1 amide bonds. The Balaban J connectivity index is 1.69. The summed E-state index contributed by atoms with van der Waals surface area (Å²) in [5.41, 5.74) is 2.07. The Kier molecular flexibility index (Phi) is 2.85. The third kappa shape index (κ3) is 1.99. The molecule has 4 rings (SSSR count). The van der Waals surface area contributed by atoms with E-state index in [0.717, 1.165) is 42.6 Å². The third-order valence-electron chi connectivity index (χ3n) is 4.79. The summed E-state index contributed by atoms with van der Waals surface area (Å²) in [4.78, 5) is 16.1. The van der Waals surface area contributed by atoms with Crippen molar-refractivity contribution < 1.29 is 4.79 Å². The molecule has 0 radical (unpaired) electrons. The fraction of sp³-hybridized carbons (Fsp3) is 0.467. The first-order chi connectivity index (χ1) is 10.1. The molecule has 1 N–H and O–H groups in total. The zero-order chi connectivity index (χ0) is 14.6. The van der Waals surface area contributed by atoms with Crippen molar-refractivity contribution in [3.05, 3.63) is 23.4 Å². The second-order valence-corrected chi connectivity index (χ2v) is 6.43. The van der Waals surface area contributed by atoms with E-state index in [2.05, 4.69) is 15.1 Å². The molecule has 0 spiro atoms. The summed E-state index contributed by atoms with van der Waals surface area (Å²) in [6.45, 7) is 4.42. The van der Waals surface area contributed by atoms with Gasteiger partial charge in [0.05, 0.1) is 17.8 Å². The standard InChI is InChI=1S/C15H17ClN4O/c1-9(21)20-3-2-10-7-19(8-15(10)20)14-5-11(16)4-13-12(14)6-17-18-13/h4-6,10,15H,2-3,7-8H2,1H3,(H,17,18). The molecule has 6 heteroatoms. The summed E-state index contributed by atoms with van der Waals surface area (Å²) in [7, 11) is 0. The van der Waals surface area contributed by atoms with Gasteiger partial charge in [-0.15, -0.1) is 0 Å². The van der Waals surface area contributed by atoms with Crippen LogP contribution in [-0.4, -0.2) is 46.7 Å². The van der Waals surface area contributed by atoms with Crippen molar-refractivity contribution in [3.8, 4) is 0 Å². The summed E-state index contributed by atoms with van der Waals surface area (Å²) >= 11 is 6.22. The van der Waals surface area contributed by atoms with Crippen LogP contribution in [0, 0.1) is 5.92 Å². The van der Waals surface area contributed by atoms with Crippen LogP contribution in [0.3, 0.4) is 0 Å². The van der Waals surface area contributed by atoms with E-state index in [9.17, 15) is 4.79 Å². The van der Waals surface area contributed by atoms with Crippen LogP contribution >= 0.6 is 11.6 Å². The number of amides is 1. The number of anilines is 1. The quantitative estimate of drug-likeness (QED) is 0.879. The van der Waals surface area contributed by atoms with Crippen molar-refractivity contribution >= 4 is 34.1 Å². The van der Waals surface area contributed by atoms with E-state index in [1.54, 1.807) is 6.92 Å². The SMILES string of the molecule is CC(=O)N1CCC2CN(c3cc(Cl)cc4[nH]ncc34)CC21. The Morgan fingerprint density at radius 3 is 3.10 bits per heavy atom. The molecule has 21 heavy (non-hydrogen) atoms. The second kappa shape index (κ2) is 4.63. The van der Waals surface area contributed by atoms with Crippen molar-refractivity contribution in [1.82, 2.24) is 15.1 Å². The van der Waals surface area contributed by atoms with Gasteiger partial charge >= 0.3 is 0 Å². The van der Waals surface area contributed by atoms with Gasteiger partial charge in [-0.3, -0.25) is 9.89 Å². The van der Waals surface area contributed by atoms with Crippen LogP contribution in [0.4, 0.5) is 5.69 Å². The first-order valence-electron chi connectivity index (χ1n) is 7.28. The minimum Gasteiger partial charge on any atom is -0.368 e. The minimum absolute atomic E-state index is 0.184. The number of rotatable bonds is 1. The van der Waals surface area contributed by atoms with E-state index in [1.807, 2.05) is 23.2 Å². The number of carbonyl (C=O) groups is 1. The zero-order valence-corrected chi connectivity index (χ0v) is 12.6. The van der Waals surface area contributed by atoms with Gasteiger partial charge in [-0.2, -0.15) is 5.10 Å². The molecule has 2 aliphatic rings. The number of halogens is 1. The Hall–Kier alpha value is -1.75. The number of likely N-dealkylation sites (tertiary alicyclic amines) is 1. The average Bonchev–Trinajstić information content (AvgIpc) is 3.10. The highest BCUT2D eigenvalue weighted by Crippen LogP contribution is 2.37. The highest BCUT2D eigenvalue weighted by Gasteiger charge is 2.42. The van der Waals surface area contributed by atoms with Crippen molar-refractivity contribution in [2.24, 2.45) is 5.92 Å². The second-order valence-electron chi connectivity index (χ2n) is 5.99. The van der Waals surface area contributed by atoms with E-state index in [0.29, 0.717) is 17.0 Å². The molecule has 0 saturated carbocycles. The number of H-pyrrole nitrogens is 1. The van der Waals surface area contributed by atoms with Gasteiger partial charge in [0.15, 0.2) is 0 Å². The Morgan fingerprint density at radius 2 is 2.29 bits per heavy atom. The van der Waals surface area contributed by atoms with Crippen molar-refractivity contribution in [3.63, 3.8) is 0 Å². The summed E-state index contributed by atoms with van der Waals surface area (Å²) in [5.74, 6) is 0.749. The summed E-state index contributed by atoms with van der Waals surface area (Å²) < 4.78 is 0. The van der Waals surface area contributed by atoms with E-state index < -0.39 is 0 Å². The number of hydrogen-bond acceptors (Lipinski definition) is 3. The number of aromatic nitrogens is 2. The Labute approximate surface area is 127 Å². The number of hydrogen-bond donors (Lipinski definition) is 1. The number of fused-ring (bicyclic) bond motifs is 2. The van der Waals surface area contributed by atoms with Crippen LogP contribution in [0.25, 0.3) is 10.9 Å². The number of nitrogens with zero attached hydrogens (tertiary/aromatic N) is 3. The molecule has 2 aliphatic heterocycles. The lowest BCUT2D eigenvalue weighted by Crippen LogP contribution is -2.38. The lowest BCUT2D eigenvalue weighted by atomic mass is 10.1. The molecule has 2 unspecified atom stereocenters. The van der Waals surface area contributed by atoms with Gasteiger partial charge in [-0.1, -0.05) is 11.6 Å². The van der Waals surface area contributed by atoms with Crippen LogP contribution in [0.5, 0.6) is 0 Å². The van der Waals surface area contributed by atoms with Crippen LogP contribution in [0.15, 0.2) is 18.3 Å². The molecule has 0 bridgehead atoms. The molecule has 2 fully saturated rings. The summed E-state index contributed by atoms with van der Waals surface area (Å²) in [5, 5.41) is 8.89. The molecule has 2 saturated heterocycles. The number of carbonyl (C=O) groups excluding carboxylic acids is 1. The molecule has 110 valence electrons. The van der Waals surface area contributed by atoms with Crippen LogP contribution < -0.4 is 4.90 Å². The van der Waals surface area contributed by atoms with E-state index in [4.69, 9.17) is 11.6 Å². The van der Waals surface area contributed by atoms with E-state index >= 15 is 0 Å². The van der Waals surface area contributed by atoms with E-state index in [-0.39, 0.29) is 5.91 Å². The maximum absolute atomic E-state index is 11.7. The average molecular weight is 305 g/mol. The molecule has 1 aromatic carbocycles. The fourth-order valence-electron chi connectivity index (χ4n) is 3.81. The first kappa shape index (κ1) is 13.0. The minimum atomic E-state index is 0.184. The third-order valence-corrected chi connectivity index (χ3v) is 5.01. The van der Waals surface area contributed by atoms with Crippen LogP contribution in [0.2, 0.25) is 5.02 Å². The zero-order valence-electron chi connectivity index (χ0n) is 11.8. The van der Waals surface area contributed by atoms with Gasteiger partial charge in [0, 0.05) is 48.6 Å². The number of benzene rings is 1. The van der Waals surface area contributed by atoms with E-state index in [1.165, 1.54) is 0 Å². The fourth-order valence-corrected chi connectivity index (χ4v) is 4.02. The molecule has 2 aromatic rings. The maximum Gasteiger partial charge on any atom is 0.219 e. The first-order valence-corrected chi connectivity index (χ1v) is 7.66. The lowest BCUT2D eigenvalue weighted by Gasteiger charge is -2.25. The Morgan fingerprint density at radius 1 is 1.43 bits per heavy atom. The van der Waals surface area contributed by atoms with Crippen LogP contribution in [-0.2, 0) is 4.79 Å². The van der Waals surface area contributed by atoms with Gasteiger partial charge < -0.3 is 9.80 Å². The highest BCUT2D eigenvalue weighted by atomic mass is 35.5. The van der Waals surface area contributed by atoms with Gasteiger partial charge in [0.25, 0.3) is 0 Å². The normalized spacial score (nSPS) is 24.9. The molecule has 2 atom stereocenters. The topological polar surface area (TPSA) is 52.2 Å². The van der Waals surface area contributed by atoms with Crippen molar-refractivity contribution in [2.45, 2.75) is 19.4 Å².